The lowest BCUT2D eigenvalue weighted by Gasteiger charge is -2.25. The molecule has 25 heavy (non-hydrogen) atoms. The number of carbonyl (C=O) groups is 1. The highest BCUT2D eigenvalue weighted by Gasteiger charge is 2.29. The van der Waals surface area contributed by atoms with Crippen LogP contribution < -0.4 is 10.1 Å². The maximum atomic E-state index is 13.1. The summed E-state index contributed by atoms with van der Waals surface area (Å²) in [5, 5.41) is 3.57. The molecule has 1 N–H and O–H groups in total. The van der Waals surface area contributed by atoms with Gasteiger partial charge in [-0.15, -0.1) is 0 Å². The number of halogens is 2. The van der Waals surface area contributed by atoms with Gasteiger partial charge < -0.3 is 15.0 Å². The molecule has 1 aliphatic heterocycles. The lowest BCUT2D eigenvalue weighted by molar-refractivity contribution is -0.127. The minimum Gasteiger partial charge on any atom is -0.480 e. The second-order valence-corrected chi connectivity index (χ2v) is 6.78. The molecule has 132 valence electrons. The molecule has 2 aromatic rings. The number of carbonyl (C=O) groups excluding carboxylic acids is 1. The normalized spacial score (nSPS) is 17.1. The summed E-state index contributed by atoms with van der Waals surface area (Å²) in [5.41, 5.74) is 1.88. The van der Waals surface area contributed by atoms with Crippen LogP contribution in [0.3, 0.4) is 0 Å². The first-order valence-corrected chi connectivity index (χ1v) is 8.46. The number of hydrogen-bond donors (Lipinski definition) is 1. The van der Waals surface area contributed by atoms with Gasteiger partial charge in [-0.05, 0) is 55.6 Å². The molecule has 0 fully saturated rings. The molecule has 0 aromatic heterocycles. The van der Waals surface area contributed by atoms with Crippen LogP contribution in [0.2, 0.25) is 5.02 Å². The van der Waals surface area contributed by atoms with Crippen molar-refractivity contribution in [1.82, 2.24) is 10.2 Å². The zero-order valence-corrected chi connectivity index (χ0v) is 14.9. The van der Waals surface area contributed by atoms with E-state index in [0.29, 0.717) is 23.7 Å². The Morgan fingerprint density at radius 3 is 2.72 bits per heavy atom. The molecule has 6 heteroatoms. The van der Waals surface area contributed by atoms with Crippen molar-refractivity contribution < 1.29 is 13.9 Å². The number of amides is 1. The molecule has 0 bridgehead atoms. The highest BCUT2D eigenvalue weighted by molar-refractivity contribution is 6.30. The number of benzene rings is 2. The fourth-order valence-corrected chi connectivity index (χ4v) is 3.15. The van der Waals surface area contributed by atoms with Crippen LogP contribution in [-0.4, -0.2) is 37.6 Å². The first kappa shape index (κ1) is 17.7. The van der Waals surface area contributed by atoms with Gasteiger partial charge in [0.15, 0.2) is 6.10 Å². The van der Waals surface area contributed by atoms with E-state index in [1.54, 1.807) is 24.3 Å². The van der Waals surface area contributed by atoms with Gasteiger partial charge in [0.2, 0.25) is 0 Å². The fraction of sp³-hybridized carbons (Fsp3) is 0.316. The maximum Gasteiger partial charge on any atom is 0.261 e. The summed E-state index contributed by atoms with van der Waals surface area (Å²) in [6.45, 7) is 0.411. The summed E-state index contributed by atoms with van der Waals surface area (Å²) in [6.07, 6.45) is -0.0465. The molecule has 0 unspecified atom stereocenters. The molecule has 1 amide bonds. The smallest absolute Gasteiger partial charge is 0.261 e. The van der Waals surface area contributed by atoms with Crippen molar-refractivity contribution in [2.75, 3.05) is 20.6 Å². The minimum atomic E-state index is -0.551. The van der Waals surface area contributed by atoms with Crippen LogP contribution in [0, 0.1) is 5.82 Å². The van der Waals surface area contributed by atoms with Gasteiger partial charge >= 0.3 is 0 Å². The highest BCUT2D eigenvalue weighted by atomic mass is 35.5. The van der Waals surface area contributed by atoms with E-state index in [1.165, 1.54) is 12.1 Å². The molecule has 0 radical (unpaired) electrons. The lowest BCUT2D eigenvalue weighted by Crippen LogP contribution is -2.41. The van der Waals surface area contributed by atoms with Crippen molar-refractivity contribution in [1.29, 1.82) is 0 Å². The first-order chi connectivity index (χ1) is 11.9. The number of fused-ring (bicyclic) bond motifs is 1. The Morgan fingerprint density at radius 2 is 2.04 bits per heavy atom. The molecule has 0 saturated carbocycles. The van der Waals surface area contributed by atoms with E-state index in [4.69, 9.17) is 16.3 Å². The summed E-state index contributed by atoms with van der Waals surface area (Å²) in [4.78, 5) is 14.4. The Morgan fingerprint density at radius 1 is 1.32 bits per heavy atom. The average Bonchev–Trinajstić information content (AvgIpc) is 2.99. The Kier molecular flexibility index (Phi) is 5.25. The summed E-state index contributed by atoms with van der Waals surface area (Å²) in [5.74, 6) is 0.259. The SMILES string of the molecule is CN(C)[C@@H](CNC(=O)[C@@H]1Cc2cc(Cl)ccc2O1)c1ccc(F)cc1. The van der Waals surface area contributed by atoms with Gasteiger partial charge in [0.25, 0.3) is 5.91 Å². The predicted molar refractivity (Wildman–Crippen MR) is 95.4 cm³/mol. The van der Waals surface area contributed by atoms with Crippen molar-refractivity contribution >= 4 is 17.5 Å². The summed E-state index contributed by atoms with van der Waals surface area (Å²) in [6, 6.07) is 11.6. The maximum absolute atomic E-state index is 13.1. The molecule has 0 saturated heterocycles. The number of ether oxygens (including phenoxy) is 1. The summed E-state index contributed by atoms with van der Waals surface area (Å²) >= 11 is 5.98. The average molecular weight is 363 g/mol. The van der Waals surface area contributed by atoms with Crippen LogP contribution in [0.5, 0.6) is 5.75 Å². The Hall–Kier alpha value is -2.11. The molecule has 0 spiro atoms. The van der Waals surface area contributed by atoms with Crippen molar-refractivity contribution in [3.8, 4) is 5.75 Å². The standard InChI is InChI=1S/C19H20ClFN2O2/c1-23(2)16(12-3-6-15(21)7-4-12)11-22-19(24)18-10-13-9-14(20)5-8-17(13)25-18/h3-9,16,18H,10-11H2,1-2H3,(H,22,24)/t16-,18-/m0/s1. The summed E-state index contributed by atoms with van der Waals surface area (Å²) in [7, 11) is 3.84. The first-order valence-electron chi connectivity index (χ1n) is 8.08. The Bertz CT molecular complexity index is 765. The third-order valence-electron chi connectivity index (χ3n) is 4.34. The molecule has 2 atom stereocenters. The van der Waals surface area contributed by atoms with Crippen LogP contribution in [0.15, 0.2) is 42.5 Å². The van der Waals surface area contributed by atoms with Crippen molar-refractivity contribution in [3.63, 3.8) is 0 Å². The number of nitrogens with zero attached hydrogens (tertiary/aromatic N) is 1. The molecule has 4 nitrogen and oxygen atoms in total. The summed E-state index contributed by atoms with van der Waals surface area (Å²) < 4.78 is 18.8. The van der Waals surface area contributed by atoms with Crippen LogP contribution in [0.4, 0.5) is 4.39 Å². The van der Waals surface area contributed by atoms with E-state index >= 15 is 0 Å². The van der Waals surface area contributed by atoms with Gasteiger partial charge in [0.1, 0.15) is 11.6 Å². The number of likely N-dealkylation sites (N-methyl/N-ethyl adjacent to an activating group) is 1. The quantitative estimate of drug-likeness (QED) is 0.888. The molecule has 1 heterocycles. The Balaban J connectivity index is 1.62. The number of nitrogens with one attached hydrogen (secondary N) is 1. The van der Waals surface area contributed by atoms with E-state index < -0.39 is 6.10 Å². The van der Waals surface area contributed by atoms with Crippen molar-refractivity contribution in [2.45, 2.75) is 18.6 Å². The molecule has 1 aliphatic rings. The van der Waals surface area contributed by atoms with Gasteiger partial charge in [0, 0.05) is 18.0 Å². The monoisotopic (exact) mass is 362 g/mol. The predicted octanol–water partition coefficient (Wildman–Crippen LogP) is 3.20. The fourth-order valence-electron chi connectivity index (χ4n) is 2.96. The second-order valence-electron chi connectivity index (χ2n) is 6.34. The largest absolute Gasteiger partial charge is 0.480 e. The topological polar surface area (TPSA) is 41.6 Å². The minimum absolute atomic E-state index is 0.0530. The van der Waals surface area contributed by atoms with Crippen LogP contribution in [0.1, 0.15) is 17.2 Å². The van der Waals surface area contributed by atoms with E-state index in [1.807, 2.05) is 25.1 Å². The molecule has 3 rings (SSSR count). The van der Waals surface area contributed by atoms with Crippen LogP contribution >= 0.6 is 11.6 Å². The van der Waals surface area contributed by atoms with Gasteiger partial charge in [-0.25, -0.2) is 4.39 Å². The zero-order chi connectivity index (χ0) is 18.0. The van der Waals surface area contributed by atoms with E-state index in [2.05, 4.69) is 5.32 Å². The number of rotatable bonds is 5. The third-order valence-corrected chi connectivity index (χ3v) is 4.57. The van der Waals surface area contributed by atoms with Crippen LogP contribution in [-0.2, 0) is 11.2 Å². The molecular formula is C19H20ClFN2O2. The third kappa shape index (κ3) is 4.11. The van der Waals surface area contributed by atoms with Gasteiger partial charge in [0.05, 0.1) is 6.04 Å². The van der Waals surface area contributed by atoms with E-state index in [-0.39, 0.29) is 17.8 Å². The molecule has 0 aliphatic carbocycles. The molecular weight excluding hydrogens is 343 g/mol. The van der Waals surface area contributed by atoms with Gasteiger partial charge in [-0.1, -0.05) is 23.7 Å². The van der Waals surface area contributed by atoms with Crippen molar-refractivity contribution in [3.05, 3.63) is 64.4 Å². The number of hydrogen-bond acceptors (Lipinski definition) is 3. The Labute approximate surface area is 151 Å². The van der Waals surface area contributed by atoms with Crippen molar-refractivity contribution in [2.24, 2.45) is 0 Å². The zero-order valence-electron chi connectivity index (χ0n) is 14.1. The highest BCUT2D eigenvalue weighted by Crippen LogP contribution is 2.31. The lowest BCUT2D eigenvalue weighted by atomic mass is 10.1. The van der Waals surface area contributed by atoms with Crippen LogP contribution in [0.25, 0.3) is 0 Å². The van der Waals surface area contributed by atoms with Gasteiger partial charge in [-0.3, -0.25) is 4.79 Å². The van der Waals surface area contributed by atoms with E-state index in [9.17, 15) is 9.18 Å². The van der Waals surface area contributed by atoms with E-state index in [0.717, 1.165) is 11.1 Å². The van der Waals surface area contributed by atoms with Gasteiger partial charge in [-0.2, -0.15) is 0 Å². The second kappa shape index (κ2) is 7.42. The molecule has 2 aromatic carbocycles.